The number of hydrogen-bond acceptors (Lipinski definition) is 8. The standard InChI is InChI=1S/C30H26F3NO7S/c1-16-10-21(41-42(36,37)30(31,32)33)11-17(2)28(16)29-18(14-34)4-6-23-24(29)8-9-25(23)40-20-5-7-22-19(12-27(35)38-3)15-39-26(22)13-20/h4-7,10-11,13,19,25H,8-9,12,15H2,1-3H3/t19?,25-/m1/s1. The van der Waals surface area contributed by atoms with E-state index < -0.39 is 21.4 Å². The van der Waals surface area contributed by atoms with Crippen molar-refractivity contribution in [1.82, 2.24) is 0 Å². The number of ether oxygens (including phenoxy) is 3. The third-order valence-corrected chi connectivity index (χ3v) is 8.48. The van der Waals surface area contributed by atoms with Crippen LogP contribution in [0.1, 0.15) is 58.2 Å². The minimum atomic E-state index is -5.83. The lowest BCUT2D eigenvalue weighted by Gasteiger charge is -2.19. The Balaban J connectivity index is 1.45. The van der Waals surface area contributed by atoms with Crippen molar-refractivity contribution < 1.29 is 44.8 Å². The van der Waals surface area contributed by atoms with Gasteiger partial charge in [-0.3, -0.25) is 4.79 Å². The lowest BCUT2D eigenvalue weighted by atomic mass is 9.87. The van der Waals surface area contributed by atoms with Gasteiger partial charge in [-0.05, 0) is 78.8 Å². The summed E-state index contributed by atoms with van der Waals surface area (Å²) in [5, 5.41) is 9.92. The topological polar surface area (TPSA) is 112 Å². The Bertz CT molecular complexity index is 1700. The SMILES string of the molecule is COC(=O)CC1COc2cc(O[C@@H]3CCc4c3ccc(C#N)c4-c3c(C)cc(OS(=O)(=O)C(F)(F)F)cc3C)ccc21. The van der Waals surface area contributed by atoms with E-state index >= 15 is 0 Å². The first-order valence-electron chi connectivity index (χ1n) is 13.0. The molecule has 1 aliphatic carbocycles. The van der Waals surface area contributed by atoms with Crippen LogP contribution >= 0.6 is 0 Å². The quantitative estimate of drug-likeness (QED) is 0.179. The van der Waals surface area contributed by atoms with Gasteiger partial charge in [0.25, 0.3) is 0 Å². The molecule has 2 atom stereocenters. The highest BCUT2D eigenvalue weighted by Gasteiger charge is 2.48. The Kier molecular flexibility index (Phi) is 7.57. The van der Waals surface area contributed by atoms with Gasteiger partial charge in [-0.15, -0.1) is 0 Å². The van der Waals surface area contributed by atoms with E-state index in [1.165, 1.54) is 19.2 Å². The fourth-order valence-electron chi connectivity index (χ4n) is 5.66. The zero-order valence-electron chi connectivity index (χ0n) is 22.9. The Morgan fingerprint density at radius 2 is 1.74 bits per heavy atom. The van der Waals surface area contributed by atoms with Crippen molar-refractivity contribution in [3.63, 3.8) is 0 Å². The normalized spacial score (nSPS) is 17.5. The summed E-state index contributed by atoms with van der Waals surface area (Å²) in [6.45, 7) is 3.61. The Morgan fingerprint density at radius 1 is 1.05 bits per heavy atom. The van der Waals surface area contributed by atoms with Crippen molar-refractivity contribution in [1.29, 1.82) is 5.26 Å². The molecule has 0 fully saturated rings. The lowest BCUT2D eigenvalue weighted by Crippen LogP contribution is -2.28. The monoisotopic (exact) mass is 601 g/mol. The summed E-state index contributed by atoms with van der Waals surface area (Å²) >= 11 is 0. The smallest absolute Gasteiger partial charge is 0.492 e. The number of alkyl halides is 3. The molecule has 3 aromatic carbocycles. The molecule has 0 amide bonds. The van der Waals surface area contributed by atoms with Gasteiger partial charge in [0.15, 0.2) is 0 Å². The molecule has 5 rings (SSSR count). The van der Waals surface area contributed by atoms with E-state index in [2.05, 4.69) is 10.3 Å². The van der Waals surface area contributed by atoms with E-state index in [0.29, 0.717) is 58.8 Å². The lowest BCUT2D eigenvalue weighted by molar-refractivity contribution is -0.141. The van der Waals surface area contributed by atoms with Crippen LogP contribution in [0.25, 0.3) is 11.1 Å². The third kappa shape index (κ3) is 5.36. The van der Waals surface area contributed by atoms with Crippen molar-refractivity contribution in [3.8, 4) is 34.4 Å². The van der Waals surface area contributed by atoms with Gasteiger partial charge in [0.05, 0.1) is 31.8 Å². The minimum absolute atomic E-state index is 0.0995. The summed E-state index contributed by atoms with van der Waals surface area (Å²) in [5.41, 5.74) is -0.394. The van der Waals surface area contributed by atoms with Crippen molar-refractivity contribution in [3.05, 3.63) is 75.8 Å². The molecule has 1 aliphatic heterocycles. The summed E-state index contributed by atoms with van der Waals surface area (Å²) < 4.78 is 82.9. The van der Waals surface area contributed by atoms with Gasteiger partial charge in [0.1, 0.15) is 23.4 Å². The number of fused-ring (bicyclic) bond motifs is 2. The van der Waals surface area contributed by atoms with E-state index in [0.717, 1.165) is 16.7 Å². The predicted molar refractivity (Wildman–Crippen MR) is 145 cm³/mol. The number of rotatable bonds is 7. The molecule has 0 saturated heterocycles. The van der Waals surface area contributed by atoms with Gasteiger partial charge in [-0.2, -0.15) is 26.9 Å². The number of nitriles is 1. The number of benzene rings is 3. The average Bonchev–Trinajstić information content (AvgIpc) is 3.51. The van der Waals surface area contributed by atoms with Crippen LogP contribution in [-0.2, 0) is 26.1 Å². The summed E-state index contributed by atoms with van der Waals surface area (Å²) in [4.78, 5) is 11.7. The molecule has 42 heavy (non-hydrogen) atoms. The first-order valence-corrected chi connectivity index (χ1v) is 14.4. The fourth-order valence-corrected chi connectivity index (χ4v) is 6.10. The number of nitrogens with zero attached hydrogens (tertiary/aromatic N) is 1. The molecule has 1 heterocycles. The number of esters is 1. The molecular weight excluding hydrogens is 575 g/mol. The maximum atomic E-state index is 12.9. The van der Waals surface area contributed by atoms with Crippen LogP contribution < -0.4 is 13.7 Å². The molecule has 0 spiro atoms. The zero-order valence-corrected chi connectivity index (χ0v) is 23.7. The Labute approximate surface area is 240 Å². The van der Waals surface area contributed by atoms with Crippen LogP contribution in [-0.4, -0.2) is 33.6 Å². The van der Waals surface area contributed by atoms with Crippen molar-refractivity contribution in [2.45, 2.75) is 50.6 Å². The van der Waals surface area contributed by atoms with Gasteiger partial charge in [-0.25, -0.2) is 0 Å². The van der Waals surface area contributed by atoms with Crippen LogP contribution in [0.3, 0.4) is 0 Å². The summed E-state index contributed by atoms with van der Waals surface area (Å²) in [6.07, 6.45) is 1.07. The van der Waals surface area contributed by atoms with Crippen LogP contribution in [0.2, 0.25) is 0 Å². The Hall–Kier alpha value is -4.24. The molecule has 12 heteroatoms. The van der Waals surface area contributed by atoms with E-state index in [1.807, 2.05) is 18.2 Å². The highest BCUT2D eigenvalue weighted by Crippen LogP contribution is 2.45. The van der Waals surface area contributed by atoms with Gasteiger partial charge in [-0.1, -0.05) is 12.1 Å². The van der Waals surface area contributed by atoms with Crippen LogP contribution in [0.4, 0.5) is 13.2 Å². The number of methoxy groups -OCH3 is 1. The number of aryl methyl sites for hydroxylation is 2. The van der Waals surface area contributed by atoms with Gasteiger partial charge in [0, 0.05) is 23.1 Å². The highest BCUT2D eigenvalue weighted by molar-refractivity contribution is 7.88. The maximum absolute atomic E-state index is 12.9. The predicted octanol–water partition coefficient (Wildman–Crippen LogP) is 6.18. The van der Waals surface area contributed by atoms with Crippen LogP contribution in [0.15, 0.2) is 42.5 Å². The van der Waals surface area contributed by atoms with Crippen molar-refractivity contribution >= 4 is 16.1 Å². The molecule has 0 radical (unpaired) electrons. The van der Waals surface area contributed by atoms with Crippen LogP contribution in [0, 0.1) is 25.2 Å². The van der Waals surface area contributed by atoms with Crippen LogP contribution in [0.5, 0.6) is 17.2 Å². The van der Waals surface area contributed by atoms with Gasteiger partial charge >= 0.3 is 21.6 Å². The van der Waals surface area contributed by atoms with Crippen molar-refractivity contribution in [2.24, 2.45) is 0 Å². The van der Waals surface area contributed by atoms with Gasteiger partial charge < -0.3 is 18.4 Å². The molecule has 1 unspecified atom stereocenters. The molecule has 2 aliphatic rings. The number of carbonyl (C=O) groups excluding carboxylic acids is 1. The molecule has 8 nitrogen and oxygen atoms in total. The summed E-state index contributed by atoms with van der Waals surface area (Å²) in [5.74, 6) is 0.339. The molecule has 3 aromatic rings. The number of hydrogen-bond donors (Lipinski definition) is 0. The first kappa shape index (κ1) is 29.3. The average molecular weight is 602 g/mol. The fraction of sp³-hybridized carbons (Fsp3) is 0.333. The largest absolute Gasteiger partial charge is 0.534 e. The molecule has 220 valence electrons. The number of halogens is 3. The second-order valence-corrected chi connectivity index (χ2v) is 11.8. The van der Waals surface area contributed by atoms with E-state index in [-0.39, 0.29) is 24.4 Å². The molecular formula is C30H26F3NO7S. The van der Waals surface area contributed by atoms with Gasteiger partial charge in [0.2, 0.25) is 0 Å². The molecule has 0 N–H and O–H groups in total. The summed E-state index contributed by atoms with van der Waals surface area (Å²) in [7, 11) is -4.49. The second-order valence-electron chi connectivity index (χ2n) is 10.2. The Morgan fingerprint density at radius 3 is 2.38 bits per heavy atom. The highest BCUT2D eigenvalue weighted by atomic mass is 32.2. The van der Waals surface area contributed by atoms with E-state index in [4.69, 9.17) is 14.2 Å². The first-order chi connectivity index (χ1) is 19.8. The van der Waals surface area contributed by atoms with E-state index in [1.54, 1.807) is 26.0 Å². The second kappa shape index (κ2) is 10.9. The van der Waals surface area contributed by atoms with E-state index in [9.17, 15) is 31.6 Å². The molecule has 0 saturated carbocycles. The molecule has 0 bridgehead atoms. The minimum Gasteiger partial charge on any atom is -0.492 e. The zero-order chi connectivity index (χ0) is 30.4. The third-order valence-electron chi connectivity index (χ3n) is 7.50. The maximum Gasteiger partial charge on any atom is 0.534 e. The summed E-state index contributed by atoms with van der Waals surface area (Å²) in [6, 6.07) is 13.6. The number of carbonyl (C=O) groups is 1. The molecule has 0 aromatic heterocycles. The van der Waals surface area contributed by atoms with Crippen molar-refractivity contribution in [2.75, 3.05) is 13.7 Å².